The maximum atomic E-state index is 2.42. The summed E-state index contributed by atoms with van der Waals surface area (Å²) in [4.78, 5) is 0. The SMILES string of the molecule is CC1CCC1CC(C)(C)C(C)C. The van der Waals surface area contributed by atoms with E-state index in [0.29, 0.717) is 5.41 Å². The summed E-state index contributed by atoms with van der Waals surface area (Å²) in [5.41, 5.74) is 0.555. The van der Waals surface area contributed by atoms with Gasteiger partial charge in [-0.1, -0.05) is 41.0 Å². The van der Waals surface area contributed by atoms with E-state index < -0.39 is 0 Å². The van der Waals surface area contributed by atoms with Crippen LogP contribution >= 0.6 is 0 Å². The predicted octanol–water partition coefficient (Wildman–Crippen LogP) is 4.10. The molecule has 0 saturated heterocycles. The van der Waals surface area contributed by atoms with E-state index in [-0.39, 0.29) is 0 Å². The largest absolute Gasteiger partial charge is 0.0623 e. The third kappa shape index (κ3) is 2.02. The van der Waals surface area contributed by atoms with Crippen molar-refractivity contribution in [2.75, 3.05) is 0 Å². The smallest absolute Gasteiger partial charge is 0.0328 e. The number of hydrogen-bond acceptors (Lipinski definition) is 0. The van der Waals surface area contributed by atoms with Crippen LogP contribution in [0, 0.1) is 23.2 Å². The first-order valence-corrected chi connectivity index (χ1v) is 5.43. The van der Waals surface area contributed by atoms with Crippen LogP contribution in [-0.2, 0) is 0 Å². The van der Waals surface area contributed by atoms with Crippen LogP contribution in [0.25, 0.3) is 0 Å². The van der Waals surface area contributed by atoms with Crippen LogP contribution < -0.4 is 0 Å². The summed E-state index contributed by atoms with van der Waals surface area (Å²) in [7, 11) is 0. The van der Waals surface area contributed by atoms with Crippen molar-refractivity contribution in [1.82, 2.24) is 0 Å². The molecule has 1 saturated carbocycles. The van der Waals surface area contributed by atoms with E-state index >= 15 is 0 Å². The lowest BCUT2D eigenvalue weighted by molar-refractivity contribution is 0.0946. The lowest BCUT2D eigenvalue weighted by atomic mass is 9.64. The van der Waals surface area contributed by atoms with Gasteiger partial charge in [0.25, 0.3) is 0 Å². The summed E-state index contributed by atoms with van der Waals surface area (Å²) in [6, 6.07) is 0. The zero-order valence-corrected chi connectivity index (χ0v) is 9.35. The van der Waals surface area contributed by atoms with Crippen LogP contribution in [0.15, 0.2) is 0 Å². The Morgan fingerprint density at radius 2 is 1.83 bits per heavy atom. The zero-order valence-electron chi connectivity index (χ0n) is 9.35. The molecule has 1 aliphatic carbocycles. The van der Waals surface area contributed by atoms with E-state index in [4.69, 9.17) is 0 Å². The third-order valence-corrected chi connectivity index (χ3v) is 4.15. The molecular weight excluding hydrogens is 144 g/mol. The van der Waals surface area contributed by atoms with Crippen molar-refractivity contribution < 1.29 is 0 Å². The van der Waals surface area contributed by atoms with Gasteiger partial charge >= 0.3 is 0 Å². The monoisotopic (exact) mass is 168 g/mol. The Balaban J connectivity index is 2.38. The molecule has 0 bridgehead atoms. The Bertz CT molecular complexity index is 144. The van der Waals surface area contributed by atoms with E-state index in [0.717, 1.165) is 17.8 Å². The fourth-order valence-corrected chi connectivity index (χ4v) is 1.95. The van der Waals surface area contributed by atoms with Crippen molar-refractivity contribution in [3.8, 4) is 0 Å². The minimum atomic E-state index is 0.555. The maximum absolute atomic E-state index is 2.42. The molecule has 0 nitrogen and oxygen atoms in total. The molecule has 1 rings (SSSR count). The molecule has 0 amide bonds. The fraction of sp³-hybridized carbons (Fsp3) is 1.00. The first-order valence-electron chi connectivity index (χ1n) is 5.43. The summed E-state index contributed by atoms with van der Waals surface area (Å²) < 4.78 is 0. The van der Waals surface area contributed by atoms with Crippen LogP contribution in [-0.4, -0.2) is 0 Å². The molecule has 1 fully saturated rings. The predicted molar refractivity (Wildman–Crippen MR) is 55.1 cm³/mol. The van der Waals surface area contributed by atoms with Gasteiger partial charge in [0.05, 0.1) is 0 Å². The van der Waals surface area contributed by atoms with Crippen molar-refractivity contribution in [2.45, 2.75) is 53.9 Å². The van der Waals surface area contributed by atoms with Gasteiger partial charge in [-0.2, -0.15) is 0 Å². The molecule has 2 unspecified atom stereocenters. The third-order valence-electron chi connectivity index (χ3n) is 4.15. The standard InChI is InChI=1S/C12H24/c1-9(2)12(4,5)8-11-7-6-10(11)3/h9-11H,6-8H2,1-5H3. The molecule has 12 heavy (non-hydrogen) atoms. The van der Waals surface area contributed by atoms with E-state index in [1.165, 1.54) is 19.3 Å². The second-order valence-electron chi connectivity index (χ2n) is 5.66. The van der Waals surface area contributed by atoms with Crippen molar-refractivity contribution in [3.05, 3.63) is 0 Å². The first kappa shape index (κ1) is 10.1. The van der Waals surface area contributed by atoms with Crippen molar-refractivity contribution in [1.29, 1.82) is 0 Å². The lowest BCUT2D eigenvalue weighted by Crippen LogP contribution is -2.31. The summed E-state index contributed by atoms with van der Waals surface area (Å²) in [5, 5.41) is 0. The molecule has 0 radical (unpaired) electrons. The highest BCUT2D eigenvalue weighted by Gasteiger charge is 2.33. The van der Waals surface area contributed by atoms with Gasteiger partial charge in [0.1, 0.15) is 0 Å². The first-order chi connectivity index (χ1) is 5.43. The average molecular weight is 168 g/mol. The normalized spacial score (nSPS) is 30.5. The van der Waals surface area contributed by atoms with Gasteiger partial charge in [0.2, 0.25) is 0 Å². The van der Waals surface area contributed by atoms with Gasteiger partial charge < -0.3 is 0 Å². The molecule has 1 aliphatic rings. The van der Waals surface area contributed by atoms with Crippen LogP contribution in [0.1, 0.15) is 53.9 Å². The Morgan fingerprint density at radius 3 is 2.08 bits per heavy atom. The minimum Gasteiger partial charge on any atom is -0.0623 e. The molecule has 0 aliphatic heterocycles. The maximum Gasteiger partial charge on any atom is -0.0328 e. The van der Waals surface area contributed by atoms with E-state index in [9.17, 15) is 0 Å². The second-order valence-corrected chi connectivity index (χ2v) is 5.66. The van der Waals surface area contributed by atoms with Gasteiger partial charge in [-0.3, -0.25) is 0 Å². The van der Waals surface area contributed by atoms with Crippen LogP contribution in [0.5, 0.6) is 0 Å². The summed E-state index contributed by atoms with van der Waals surface area (Å²) >= 11 is 0. The Labute approximate surface area is 77.7 Å². The van der Waals surface area contributed by atoms with Gasteiger partial charge in [0, 0.05) is 0 Å². The number of hydrogen-bond donors (Lipinski definition) is 0. The van der Waals surface area contributed by atoms with Gasteiger partial charge in [-0.25, -0.2) is 0 Å². The highest BCUT2D eigenvalue weighted by atomic mass is 14.4. The van der Waals surface area contributed by atoms with E-state index in [1.54, 1.807) is 0 Å². The highest BCUT2D eigenvalue weighted by molar-refractivity contribution is 4.84. The minimum absolute atomic E-state index is 0.555. The Kier molecular flexibility index (Phi) is 2.85. The Morgan fingerprint density at radius 1 is 1.25 bits per heavy atom. The van der Waals surface area contributed by atoms with E-state index in [2.05, 4.69) is 34.6 Å². The molecule has 2 atom stereocenters. The lowest BCUT2D eigenvalue weighted by Gasteiger charge is -2.41. The van der Waals surface area contributed by atoms with Gasteiger partial charge in [-0.15, -0.1) is 0 Å². The summed E-state index contributed by atoms with van der Waals surface area (Å²) in [6.45, 7) is 11.9. The zero-order chi connectivity index (χ0) is 9.35. The Hall–Kier alpha value is 0. The van der Waals surface area contributed by atoms with Crippen LogP contribution in [0.4, 0.5) is 0 Å². The van der Waals surface area contributed by atoms with Crippen molar-refractivity contribution in [2.24, 2.45) is 23.2 Å². The molecule has 0 aromatic rings. The molecule has 0 heteroatoms. The van der Waals surface area contributed by atoms with E-state index in [1.807, 2.05) is 0 Å². The van der Waals surface area contributed by atoms with Crippen molar-refractivity contribution >= 4 is 0 Å². The van der Waals surface area contributed by atoms with Crippen LogP contribution in [0.2, 0.25) is 0 Å². The molecule has 0 heterocycles. The highest BCUT2D eigenvalue weighted by Crippen LogP contribution is 2.44. The fourth-order valence-electron chi connectivity index (χ4n) is 1.95. The molecule has 0 aromatic heterocycles. The molecular formula is C12H24. The molecule has 0 spiro atoms. The average Bonchev–Trinajstić information content (AvgIpc) is 1.97. The summed E-state index contributed by atoms with van der Waals surface area (Å²) in [5.74, 6) is 2.86. The van der Waals surface area contributed by atoms with Crippen LogP contribution in [0.3, 0.4) is 0 Å². The molecule has 72 valence electrons. The van der Waals surface area contributed by atoms with Gasteiger partial charge in [0.15, 0.2) is 0 Å². The molecule has 0 aromatic carbocycles. The second kappa shape index (κ2) is 3.40. The topological polar surface area (TPSA) is 0 Å². The summed E-state index contributed by atoms with van der Waals surface area (Å²) in [6.07, 6.45) is 4.39. The molecule has 0 N–H and O–H groups in total. The number of rotatable bonds is 3. The van der Waals surface area contributed by atoms with Crippen molar-refractivity contribution in [3.63, 3.8) is 0 Å². The quantitative estimate of drug-likeness (QED) is 0.595. The van der Waals surface area contributed by atoms with Gasteiger partial charge in [-0.05, 0) is 36.0 Å².